The fraction of sp³-hybridized carbons (Fsp3) is 0.250. The van der Waals surface area contributed by atoms with E-state index in [1.54, 1.807) is 18.2 Å². The van der Waals surface area contributed by atoms with E-state index in [2.05, 4.69) is 12.6 Å². The van der Waals surface area contributed by atoms with E-state index in [0.29, 0.717) is 0 Å². The molecule has 0 aliphatic carbocycles. The lowest BCUT2D eigenvalue weighted by Gasteiger charge is -2.22. The molecular weight excluding hydrogens is 254 g/mol. The molecule has 0 aromatic heterocycles. The molecule has 0 spiro atoms. The molecule has 3 N–H and O–H groups in total. The van der Waals surface area contributed by atoms with Gasteiger partial charge in [-0.3, -0.25) is 9.59 Å². The van der Waals surface area contributed by atoms with Crippen molar-refractivity contribution in [1.82, 2.24) is 0 Å². The maximum atomic E-state index is 12.1. The fourth-order valence-electron chi connectivity index (χ4n) is 1.44. The fourth-order valence-corrected chi connectivity index (χ4v) is 1.78. The van der Waals surface area contributed by atoms with Crippen LogP contribution in [0.15, 0.2) is 30.3 Å². The average molecular weight is 267 g/mol. The molecule has 6 heteroatoms. The predicted octanol–water partition coefficient (Wildman–Crippen LogP) is 0.539. The van der Waals surface area contributed by atoms with Gasteiger partial charge in [0.1, 0.15) is 0 Å². The number of rotatable bonds is 5. The Labute approximate surface area is 109 Å². The van der Waals surface area contributed by atoms with Crippen LogP contribution in [0.25, 0.3) is 0 Å². The third-order valence-electron chi connectivity index (χ3n) is 2.44. The van der Waals surface area contributed by atoms with Crippen molar-refractivity contribution in [2.45, 2.75) is 17.7 Å². The summed E-state index contributed by atoms with van der Waals surface area (Å²) in [5.74, 6) is -3.45. The van der Waals surface area contributed by atoms with Gasteiger partial charge in [-0.1, -0.05) is 30.3 Å². The number of carboxylic acid groups (broad SMARTS) is 1. The summed E-state index contributed by atoms with van der Waals surface area (Å²) in [5.41, 5.74) is 5.46. The minimum Gasteiger partial charge on any atom is -0.480 e. The minimum absolute atomic E-state index is 0.101. The smallest absolute Gasteiger partial charge is 0.335 e. The summed E-state index contributed by atoms with van der Waals surface area (Å²) in [7, 11) is 0. The monoisotopic (exact) mass is 267 g/mol. The number of thiol groups is 1. The molecule has 0 aliphatic heterocycles. The molecule has 96 valence electrons. The molecule has 18 heavy (non-hydrogen) atoms. The zero-order valence-corrected chi connectivity index (χ0v) is 10.6. The lowest BCUT2D eigenvalue weighted by atomic mass is 9.89. The number of carbonyl (C=O) groups excluding carboxylic acids is 2. The molecule has 0 saturated heterocycles. The second-order valence-corrected chi connectivity index (χ2v) is 4.53. The van der Waals surface area contributed by atoms with E-state index in [1.807, 2.05) is 0 Å². The summed E-state index contributed by atoms with van der Waals surface area (Å²) >= 11 is 3.78. The molecule has 2 atom stereocenters. The Balaban J connectivity index is 3.26. The first-order valence-electron chi connectivity index (χ1n) is 5.17. The van der Waals surface area contributed by atoms with Gasteiger partial charge >= 0.3 is 5.97 Å². The van der Waals surface area contributed by atoms with E-state index in [-0.39, 0.29) is 5.56 Å². The molecule has 0 amide bonds. The first-order valence-corrected chi connectivity index (χ1v) is 5.62. The van der Waals surface area contributed by atoms with Gasteiger partial charge in [-0.25, -0.2) is 4.79 Å². The summed E-state index contributed by atoms with van der Waals surface area (Å²) in [6, 6.07) is 6.56. The van der Waals surface area contributed by atoms with Crippen molar-refractivity contribution in [3.05, 3.63) is 35.9 Å². The number of hydrogen-bond acceptors (Lipinski definition) is 5. The highest BCUT2D eigenvalue weighted by atomic mass is 32.1. The number of hydrogen-bond donors (Lipinski definition) is 3. The summed E-state index contributed by atoms with van der Waals surface area (Å²) in [4.78, 5) is 35.1. The molecule has 0 aliphatic rings. The molecule has 1 aromatic carbocycles. The molecule has 0 heterocycles. The molecule has 0 fully saturated rings. The zero-order valence-electron chi connectivity index (χ0n) is 9.66. The van der Waals surface area contributed by atoms with Crippen molar-refractivity contribution in [2.75, 3.05) is 0 Å². The van der Waals surface area contributed by atoms with Crippen molar-refractivity contribution in [3.8, 4) is 0 Å². The summed E-state index contributed by atoms with van der Waals surface area (Å²) < 4.78 is -2.45. The highest BCUT2D eigenvalue weighted by molar-refractivity contribution is 7.85. The maximum Gasteiger partial charge on any atom is 0.335 e. The van der Waals surface area contributed by atoms with Crippen LogP contribution in [-0.2, 0) is 9.59 Å². The Hall–Kier alpha value is -1.66. The first-order chi connectivity index (χ1) is 8.31. The second-order valence-electron chi connectivity index (χ2n) is 3.86. The third-order valence-corrected chi connectivity index (χ3v) is 3.06. The van der Waals surface area contributed by atoms with Gasteiger partial charge in [0.2, 0.25) is 4.75 Å². The zero-order chi connectivity index (χ0) is 13.9. The standard InChI is InChI=1S/C12H13NO4S/c1-7(13)9(14)12(18,11(16)17)10(15)8-5-3-2-4-6-8/h2-7,18H,13H2,1H3,(H,16,17). The van der Waals surface area contributed by atoms with Gasteiger partial charge in [0, 0.05) is 5.56 Å². The minimum atomic E-state index is -2.45. The topological polar surface area (TPSA) is 97.5 Å². The molecular formula is C12H13NO4S. The van der Waals surface area contributed by atoms with Crippen LogP contribution < -0.4 is 5.73 Å². The van der Waals surface area contributed by atoms with Gasteiger partial charge in [-0.2, -0.15) is 0 Å². The summed E-state index contributed by atoms with van der Waals surface area (Å²) in [5, 5.41) is 9.11. The van der Waals surface area contributed by atoms with Crippen molar-refractivity contribution >= 4 is 30.2 Å². The second kappa shape index (κ2) is 5.32. The third kappa shape index (κ3) is 2.44. The van der Waals surface area contributed by atoms with Crippen LogP contribution in [0.2, 0.25) is 0 Å². The summed E-state index contributed by atoms with van der Waals surface area (Å²) in [6.07, 6.45) is 0. The van der Waals surface area contributed by atoms with Crippen LogP contribution in [-0.4, -0.2) is 33.4 Å². The maximum absolute atomic E-state index is 12.1. The molecule has 2 unspecified atom stereocenters. The van der Waals surface area contributed by atoms with E-state index < -0.39 is 28.3 Å². The van der Waals surface area contributed by atoms with Crippen LogP contribution in [0.1, 0.15) is 17.3 Å². The van der Waals surface area contributed by atoms with Gasteiger partial charge < -0.3 is 10.8 Å². The van der Waals surface area contributed by atoms with Crippen LogP contribution in [0, 0.1) is 0 Å². The van der Waals surface area contributed by atoms with E-state index in [1.165, 1.54) is 19.1 Å². The normalized spacial score (nSPS) is 15.5. The highest BCUT2D eigenvalue weighted by Crippen LogP contribution is 2.24. The number of Topliss-reactive ketones (excluding diaryl/α,β-unsaturated/α-hetero) is 2. The largest absolute Gasteiger partial charge is 0.480 e. The number of carboxylic acids is 1. The van der Waals surface area contributed by atoms with E-state index in [9.17, 15) is 14.4 Å². The Morgan fingerprint density at radius 2 is 1.78 bits per heavy atom. The van der Waals surface area contributed by atoms with Crippen LogP contribution in [0.5, 0.6) is 0 Å². The van der Waals surface area contributed by atoms with Crippen molar-refractivity contribution in [3.63, 3.8) is 0 Å². The lowest BCUT2D eigenvalue weighted by Crippen LogP contribution is -2.54. The number of ketones is 2. The van der Waals surface area contributed by atoms with Gasteiger partial charge in [-0.05, 0) is 6.92 Å². The van der Waals surface area contributed by atoms with Crippen LogP contribution >= 0.6 is 12.6 Å². The van der Waals surface area contributed by atoms with E-state index in [0.717, 1.165) is 0 Å². The molecule has 1 aromatic rings. The molecule has 0 radical (unpaired) electrons. The van der Waals surface area contributed by atoms with E-state index >= 15 is 0 Å². The predicted molar refractivity (Wildman–Crippen MR) is 68.8 cm³/mol. The average Bonchev–Trinajstić information content (AvgIpc) is 2.36. The molecule has 0 saturated carbocycles. The number of benzene rings is 1. The molecule has 5 nitrogen and oxygen atoms in total. The Morgan fingerprint density at radius 3 is 2.17 bits per heavy atom. The number of carbonyl (C=O) groups is 3. The quantitative estimate of drug-likeness (QED) is 0.411. The van der Waals surface area contributed by atoms with Crippen molar-refractivity contribution < 1.29 is 19.5 Å². The van der Waals surface area contributed by atoms with Gasteiger partial charge in [0.15, 0.2) is 11.6 Å². The van der Waals surface area contributed by atoms with Crippen molar-refractivity contribution in [1.29, 1.82) is 0 Å². The Kier molecular flexibility index (Phi) is 4.26. The van der Waals surface area contributed by atoms with Gasteiger partial charge in [0.25, 0.3) is 0 Å². The Morgan fingerprint density at radius 1 is 1.28 bits per heavy atom. The number of aliphatic carboxylic acids is 1. The van der Waals surface area contributed by atoms with E-state index in [4.69, 9.17) is 10.8 Å². The van der Waals surface area contributed by atoms with Gasteiger partial charge in [-0.15, -0.1) is 12.6 Å². The first kappa shape index (κ1) is 14.4. The SMILES string of the molecule is CC(N)C(=O)C(S)(C(=O)O)C(=O)c1ccccc1. The highest BCUT2D eigenvalue weighted by Gasteiger charge is 2.50. The van der Waals surface area contributed by atoms with Crippen molar-refractivity contribution in [2.24, 2.45) is 5.73 Å². The van der Waals surface area contributed by atoms with Crippen LogP contribution in [0.3, 0.4) is 0 Å². The number of nitrogens with two attached hydrogens (primary N) is 1. The molecule has 1 rings (SSSR count). The lowest BCUT2D eigenvalue weighted by molar-refractivity contribution is -0.142. The van der Waals surface area contributed by atoms with Gasteiger partial charge in [0.05, 0.1) is 6.04 Å². The summed E-state index contributed by atoms with van der Waals surface area (Å²) in [6.45, 7) is 1.31. The molecule has 0 bridgehead atoms. The Bertz CT molecular complexity index is 486. The van der Waals surface area contributed by atoms with Crippen LogP contribution in [0.4, 0.5) is 0 Å².